The number of amides is 1. The lowest BCUT2D eigenvalue weighted by Gasteiger charge is -2.40. The monoisotopic (exact) mass is 631 g/mol. The summed E-state index contributed by atoms with van der Waals surface area (Å²) in [5, 5.41) is 64.8. The maximum atomic E-state index is 12.8. The molecule has 1 fully saturated rings. The van der Waals surface area contributed by atoms with Gasteiger partial charge in [0.25, 0.3) is 0 Å². The molecule has 1 aromatic rings. The van der Waals surface area contributed by atoms with Gasteiger partial charge in [0.15, 0.2) is 6.29 Å². The van der Waals surface area contributed by atoms with Crippen LogP contribution in [0.5, 0.6) is 0 Å². The van der Waals surface area contributed by atoms with Crippen molar-refractivity contribution in [2.75, 3.05) is 13.2 Å². The van der Waals surface area contributed by atoms with Gasteiger partial charge in [-0.3, -0.25) is 4.79 Å². The summed E-state index contributed by atoms with van der Waals surface area (Å²) in [5.41, 5.74) is 0.696. The van der Waals surface area contributed by atoms with E-state index in [9.17, 15) is 35.4 Å². The SMILES string of the molecule is CCCCCCCCCCCCCC[C@@H](O)[C@@H](O)[C@H](CO[C@H]1O[C@H](CO)[C@H](O)[C@H](O)[C@H]1O)NC(=O)Cc1ccc(Cl)cc1. The number of halogens is 1. The van der Waals surface area contributed by atoms with Crippen molar-refractivity contribution in [1.82, 2.24) is 5.32 Å². The molecule has 1 aliphatic rings. The van der Waals surface area contributed by atoms with Crippen molar-refractivity contribution < 1.29 is 44.9 Å². The molecule has 1 saturated heterocycles. The van der Waals surface area contributed by atoms with Crippen LogP contribution in [0.25, 0.3) is 0 Å². The maximum absolute atomic E-state index is 12.8. The zero-order valence-corrected chi connectivity index (χ0v) is 26.3. The van der Waals surface area contributed by atoms with Gasteiger partial charge in [0, 0.05) is 5.02 Å². The van der Waals surface area contributed by atoms with Crippen molar-refractivity contribution in [1.29, 1.82) is 0 Å². The first-order valence-corrected chi connectivity index (χ1v) is 16.4. The van der Waals surface area contributed by atoms with E-state index >= 15 is 0 Å². The number of nitrogens with one attached hydrogen (secondary N) is 1. The number of carbonyl (C=O) groups excluding carboxylic acids is 1. The van der Waals surface area contributed by atoms with Crippen LogP contribution < -0.4 is 5.32 Å². The highest BCUT2D eigenvalue weighted by atomic mass is 35.5. The molecule has 1 amide bonds. The molecule has 0 aliphatic carbocycles. The fourth-order valence-electron chi connectivity index (χ4n) is 5.31. The number of unbranched alkanes of at least 4 members (excludes halogenated alkanes) is 11. The number of aliphatic hydroxyl groups is 6. The minimum Gasteiger partial charge on any atom is -0.394 e. The Morgan fingerprint density at radius 1 is 0.884 bits per heavy atom. The molecule has 0 aromatic heterocycles. The molecule has 8 atom stereocenters. The molecule has 0 bridgehead atoms. The predicted molar refractivity (Wildman–Crippen MR) is 165 cm³/mol. The highest BCUT2D eigenvalue weighted by molar-refractivity contribution is 6.30. The van der Waals surface area contributed by atoms with Crippen LogP contribution in [0.3, 0.4) is 0 Å². The summed E-state index contributed by atoms with van der Waals surface area (Å²) in [6.45, 7) is 1.24. The van der Waals surface area contributed by atoms with Gasteiger partial charge in [-0.1, -0.05) is 108 Å². The highest BCUT2D eigenvalue weighted by Gasteiger charge is 2.44. The summed E-state index contributed by atoms with van der Waals surface area (Å²) in [6.07, 6.45) is 4.53. The molecule has 0 spiro atoms. The van der Waals surface area contributed by atoms with Crippen molar-refractivity contribution in [3.8, 4) is 0 Å². The first-order chi connectivity index (χ1) is 20.7. The Morgan fingerprint density at radius 3 is 2.00 bits per heavy atom. The van der Waals surface area contributed by atoms with Gasteiger partial charge in [-0.15, -0.1) is 0 Å². The molecular weight excluding hydrogens is 578 g/mol. The summed E-state index contributed by atoms with van der Waals surface area (Å²) in [5.74, 6) is -0.429. The number of rotatable bonds is 22. The number of benzene rings is 1. The molecule has 0 radical (unpaired) electrons. The summed E-state index contributed by atoms with van der Waals surface area (Å²) in [7, 11) is 0. The Kier molecular flexibility index (Phi) is 18.8. The Labute approximate surface area is 261 Å². The van der Waals surface area contributed by atoms with Crippen LogP contribution >= 0.6 is 11.6 Å². The maximum Gasteiger partial charge on any atom is 0.224 e. The molecule has 1 heterocycles. The molecular formula is C32H54ClNO9. The molecule has 0 unspecified atom stereocenters. The Hall–Kier alpha value is -1.34. The number of carbonyl (C=O) groups is 1. The highest BCUT2D eigenvalue weighted by Crippen LogP contribution is 2.23. The van der Waals surface area contributed by atoms with Crippen molar-refractivity contribution in [3.63, 3.8) is 0 Å². The second-order valence-electron chi connectivity index (χ2n) is 11.7. The third-order valence-corrected chi connectivity index (χ3v) is 8.32. The van der Waals surface area contributed by atoms with E-state index in [0.717, 1.165) is 19.3 Å². The van der Waals surface area contributed by atoms with Gasteiger partial charge in [0.1, 0.15) is 30.5 Å². The normalized spacial score (nSPS) is 24.4. The molecule has 0 saturated carbocycles. The van der Waals surface area contributed by atoms with E-state index in [1.54, 1.807) is 24.3 Å². The van der Waals surface area contributed by atoms with Crippen molar-refractivity contribution in [2.45, 2.75) is 146 Å². The van der Waals surface area contributed by atoms with Crippen LogP contribution in [0, 0.1) is 0 Å². The van der Waals surface area contributed by atoms with Crippen molar-refractivity contribution >= 4 is 17.5 Å². The third-order valence-electron chi connectivity index (χ3n) is 8.07. The number of hydrogen-bond donors (Lipinski definition) is 7. The van der Waals surface area contributed by atoms with E-state index in [1.807, 2.05) is 0 Å². The molecule has 10 nitrogen and oxygen atoms in total. The van der Waals surface area contributed by atoms with Crippen molar-refractivity contribution in [3.05, 3.63) is 34.9 Å². The van der Waals surface area contributed by atoms with E-state index in [2.05, 4.69) is 12.2 Å². The molecule has 43 heavy (non-hydrogen) atoms. The second-order valence-corrected chi connectivity index (χ2v) is 12.2. The van der Waals surface area contributed by atoms with Crippen LogP contribution in [0.2, 0.25) is 5.02 Å². The van der Waals surface area contributed by atoms with Gasteiger partial charge in [-0.25, -0.2) is 0 Å². The topological polar surface area (TPSA) is 169 Å². The zero-order chi connectivity index (χ0) is 31.6. The lowest BCUT2D eigenvalue weighted by atomic mass is 9.98. The Morgan fingerprint density at radius 2 is 1.44 bits per heavy atom. The summed E-state index contributed by atoms with van der Waals surface area (Å²) >= 11 is 5.93. The van der Waals surface area contributed by atoms with E-state index in [4.69, 9.17) is 21.1 Å². The average Bonchev–Trinajstić information content (AvgIpc) is 3.00. The quantitative estimate of drug-likeness (QED) is 0.0951. The number of hydrogen-bond acceptors (Lipinski definition) is 9. The Balaban J connectivity index is 1.85. The smallest absolute Gasteiger partial charge is 0.224 e. The van der Waals surface area contributed by atoms with E-state index in [1.165, 1.54) is 51.4 Å². The lowest BCUT2D eigenvalue weighted by molar-refractivity contribution is -0.303. The molecule has 1 aliphatic heterocycles. The number of aliphatic hydroxyl groups excluding tert-OH is 6. The summed E-state index contributed by atoms with van der Waals surface area (Å²) in [6, 6.07) is 5.67. The van der Waals surface area contributed by atoms with E-state index < -0.39 is 61.5 Å². The molecule has 2 rings (SSSR count). The van der Waals surface area contributed by atoms with Gasteiger partial charge in [0.05, 0.1) is 31.8 Å². The largest absolute Gasteiger partial charge is 0.394 e. The first kappa shape index (κ1) is 37.8. The minimum atomic E-state index is -1.63. The van der Waals surface area contributed by atoms with E-state index in [0.29, 0.717) is 23.4 Å². The Bertz CT molecular complexity index is 875. The zero-order valence-electron chi connectivity index (χ0n) is 25.5. The standard InChI is InChI=1S/C32H54ClNO9/c1-2-3-4-5-6-7-8-9-10-11-12-13-14-25(36)28(38)24(34-27(37)19-22-15-17-23(33)18-16-22)21-42-32-31(41)30(40)29(39)26(20-35)43-32/h15-18,24-26,28-32,35-36,38-41H,2-14,19-21H2,1H3,(H,34,37)/t24-,25+,26+,28-,29-,30-,31+,32-/m0/s1. The molecule has 7 N–H and O–H groups in total. The first-order valence-electron chi connectivity index (χ1n) is 16.0. The third kappa shape index (κ3) is 14.1. The van der Waals surface area contributed by atoms with E-state index in [-0.39, 0.29) is 13.0 Å². The lowest BCUT2D eigenvalue weighted by Crippen LogP contribution is -2.60. The van der Waals surface area contributed by atoms with Crippen LogP contribution in [0.4, 0.5) is 0 Å². The second kappa shape index (κ2) is 21.4. The van der Waals surface area contributed by atoms with Gasteiger partial charge < -0.3 is 45.4 Å². The number of ether oxygens (including phenoxy) is 2. The molecule has 1 aromatic carbocycles. The average molecular weight is 632 g/mol. The van der Waals surface area contributed by atoms with Gasteiger partial charge in [0.2, 0.25) is 5.91 Å². The van der Waals surface area contributed by atoms with Crippen LogP contribution in [0.1, 0.15) is 96.0 Å². The predicted octanol–water partition coefficient (Wildman–Crippen LogP) is 3.00. The summed E-state index contributed by atoms with van der Waals surface area (Å²) < 4.78 is 11.0. The minimum absolute atomic E-state index is 0.00469. The van der Waals surface area contributed by atoms with Crippen LogP contribution in [-0.2, 0) is 20.7 Å². The molecule has 11 heteroatoms. The van der Waals surface area contributed by atoms with Gasteiger partial charge in [-0.05, 0) is 24.1 Å². The fourth-order valence-corrected chi connectivity index (χ4v) is 5.43. The van der Waals surface area contributed by atoms with Crippen LogP contribution in [-0.4, -0.2) is 98.7 Å². The van der Waals surface area contributed by atoms with Gasteiger partial charge in [-0.2, -0.15) is 0 Å². The fraction of sp³-hybridized carbons (Fsp3) is 0.781. The van der Waals surface area contributed by atoms with Crippen LogP contribution in [0.15, 0.2) is 24.3 Å². The van der Waals surface area contributed by atoms with Gasteiger partial charge >= 0.3 is 0 Å². The summed E-state index contributed by atoms with van der Waals surface area (Å²) in [4.78, 5) is 12.8. The van der Waals surface area contributed by atoms with Crippen molar-refractivity contribution in [2.24, 2.45) is 0 Å². The molecule has 248 valence electrons.